The lowest BCUT2D eigenvalue weighted by Gasteiger charge is -2.25. The molecule has 1 fully saturated rings. The standard InChI is InChI=1S/C30H28N4O2S/c35-22-14-11-19(12-15-22)9-10-20-17-27-30(31-18-20)37-29(34-27)23-6-2-4-8-25(23)33-28(36)26-16-13-21-5-1-3-7-24(21)32-26/h1-8,13,16-19,22,35H,9-12,14-15H2,(H,33,36). The monoisotopic (exact) mass is 508 g/mol. The maximum Gasteiger partial charge on any atom is 0.274 e. The van der Waals surface area contributed by atoms with E-state index >= 15 is 0 Å². The number of thiazole rings is 1. The van der Waals surface area contributed by atoms with Crippen molar-refractivity contribution in [2.45, 2.75) is 44.6 Å². The molecule has 0 spiro atoms. The molecule has 3 aromatic heterocycles. The number of rotatable bonds is 6. The van der Waals surface area contributed by atoms with Crippen LogP contribution in [0.2, 0.25) is 0 Å². The average molecular weight is 509 g/mol. The van der Waals surface area contributed by atoms with Crippen molar-refractivity contribution in [3.05, 3.63) is 84.2 Å². The van der Waals surface area contributed by atoms with Gasteiger partial charge in [-0.15, -0.1) is 0 Å². The lowest BCUT2D eigenvalue weighted by molar-refractivity contribution is 0.102. The van der Waals surface area contributed by atoms with Gasteiger partial charge < -0.3 is 10.4 Å². The van der Waals surface area contributed by atoms with Crippen molar-refractivity contribution >= 4 is 44.2 Å². The summed E-state index contributed by atoms with van der Waals surface area (Å²) in [7, 11) is 0. The summed E-state index contributed by atoms with van der Waals surface area (Å²) in [5.74, 6) is 0.424. The third-order valence-corrected chi connectivity index (χ3v) is 8.21. The van der Waals surface area contributed by atoms with E-state index in [1.807, 2.05) is 60.8 Å². The molecular formula is C30H28N4O2S. The highest BCUT2D eigenvalue weighted by molar-refractivity contribution is 7.21. The lowest BCUT2D eigenvalue weighted by Crippen LogP contribution is -2.18. The third kappa shape index (κ3) is 5.24. The van der Waals surface area contributed by atoms with Gasteiger partial charge in [-0.3, -0.25) is 4.79 Å². The fraction of sp³-hybridized carbons (Fsp3) is 0.267. The Morgan fingerprint density at radius 3 is 2.65 bits per heavy atom. The molecule has 2 aromatic carbocycles. The number of anilines is 1. The summed E-state index contributed by atoms with van der Waals surface area (Å²) in [5.41, 5.74) is 4.80. The molecule has 7 heteroatoms. The number of fused-ring (bicyclic) bond motifs is 2. The summed E-state index contributed by atoms with van der Waals surface area (Å²) in [6, 6.07) is 21.3. The number of aryl methyl sites for hydroxylation is 1. The van der Waals surface area contributed by atoms with E-state index in [-0.39, 0.29) is 12.0 Å². The highest BCUT2D eigenvalue weighted by Crippen LogP contribution is 2.35. The Hall–Kier alpha value is -3.68. The molecule has 37 heavy (non-hydrogen) atoms. The van der Waals surface area contributed by atoms with Crippen LogP contribution in [0.1, 0.15) is 48.2 Å². The number of para-hydroxylation sites is 2. The molecular weight excluding hydrogens is 480 g/mol. The van der Waals surface area contributed by atoms with Crippen molar-refractivity contribution in [3.63, 3.8) is 0 Å². The number of pyridine rings is 2. The Balaban J connectivity index is 1.21. The molecule has 186 valence electrons. The van der Waals surface area contributed by atoms with Gasteiger partial charge in [0.2, 0.25) is 0 Å². The van der Waals surface area contributed by atoms with Gasteiger partial charge in [0.05, 0.1) is 17.3 Å². The van der Waals surface area contributed by atoms with Gasteiger partial charge in [0.25, 0.3) is 5.91 Å². The maximum atomic E-state index is 13.1. The molecule has 2 N–H and O–H groups in total. The average Bonchev–Trinajstić information content (AvgIpc) is 3.36. The highest BCUT2D eigenvalue weighted by atomic mass is 32.1. The van der Waals surface area contributed by atoms with Crippen LogP contribution in [0.15, 0.2) is 72.9 Å². The summed E-state index contributed by atoms with van der Waals surface area (Å²) < 4.78 is 0. The largest absolute Gasteiger partial charge is 0.393 e. The van der Waals surface area contributed by atoms with Crippen LogP contribution in [0.4, 0.5) is 5.69 Å². The predicted octanol–water partition coefficient (Wildman–Crippen LogP) is 6.64. The van der Waals surface area contributed by atoms with Crippen molar-refractivity contribution in [2.75, 3.05) is 5.32 Å². The first-order valence-electron chi connectivity index (χ1n) is 12.8. The van der Waals surface area contributed by atoms with Crippen molar-refractivity contribution < 1.29 is 9.90 Å². The van der Waals surface area contributed by atoms with Gasteiger partial charge in [0.1, 0.15) is 21.0 Å². The minimum Gasteiger partial charge on any atom is -0.393 e. The molecule has 1 aliphatic carbocycles. The Kier molecular flexibility index (Phi) is 6.64. The van der Waals surface area contributed by atoms with E-state index in [4.69, 9.17) is 4.98 Å². The second-order valence-electron chi connectivity index (χ2n) is 9.79. The maximum absolute atomic E-state index is 13.1. The Bertz CT molecular complexity index is 1570. The number of carbonyl (C=O) groups excluding carboxylic acids is 1. The van der Waals surface area contributed by atoms with Crippen LogP contribution in [-0.4, -0.2) is 32.1 Å². The van der Waals surface area contributed by atoms with E-state index in [1.54, 1.807) is 6.07 Å². The second kappa shape index (κ2) is 10.4. The van der Waals surface area contributed by atoms with Crippen molar-refractivity contribution in [2.24, 2.45) is 5.92 Å². The number of benzene rings is 2. The fourth-order valence-corrected chi connectivity index (χ4v) is 6.01. The molecule has 1 amide bonds. The van der Waals surface area contributed by atoms with Crippen LogP contribution in [0.25, 0.3) is 31.8 Å². The number of carbonyl (C=O) groups is 1. The smallest absolute Gasteiger partial charge is 0.274 e. The topological polar surface area (TPSA) is 88.0 Å². The summed E-state index contributed by atoms with van der Waals surface area (Å²) in [4.78, 5) is 28.0. The Labute approximate surface area is 219 Å². The van der Waals surface area contributed by atoms with Crippen molar-refractivity contribution in [3.8, 4) is 10.6 Å². The zero-order chi connectivity index (χ0) is 25.2. The summed E-state index contributed by atoms with van der Waals surface area (Å²) >= 11 is 1.53. The number of nitrogens with one attached hydrogen (secondary N) is 1. The van der Waals surface area contributed by atoms with Gasteiger partial charge in [0.15, 0.2) is 0 Å². The zero-order valence-electron chi connectivity index (χ0n) is 20.4. The summed E-state index contributed by atoms with van der Waals surface area (Å²) in [6.45, 7) is 0. The highest BCUT2D eigenvalue weighted by Gasteiger charge is 2.20. The number of nitrogens with zero attached hydrogens (tertiary/aromatic N) is 3. The Morgan fingerprint density at radius 2 is 1.76 bits per heavy atom. The van der Waals surface area contributed by atoms with Gasteiger partial charge in [-0.05, 0) is 80.3 Å². The molecule has 3 heterocycles. The van der Waals surface area contributed by atoms with E-state index in [0.29, 0.717) is 17.3 Å². The quantitative estimate of drug-likeness (QED) is 0.268. The zero-order valence-corrected chi connectivity index (χ0v) is 21.2. The third-order valence-electron chi connectivity index (χ3n) is 7.20. The molecule has 5 aromatic rings. The van der Waals surface area contributed by atoms with Crippen molar-refractivity contribution in [1.82, 2.24) is 15.0 Å². The van der Waals surface area contributed by atoms with Gasteiger partial charge in [-0.1, -0.05) is 47.7 Å². The summed E-state index contributed by atoms with van der Waals surface area (Å²) in [5, 5.41) is 14.6. The molecule has 0 aliphatic heterocycles. The van der Waals surface area contributed by atoms with E-state index in [1.165, 1.54) is 16.9 Å². The first-order chi connectivity index (χ1) is 18.1. The molecule has 1 saturated carbocycles. The number of aromatic nitrogens is 3. The normalized spacial score (nSPS) is 17.8. The number of aliphatic hydroxyl groups is 1. The van der Waals surface area contributed by atoms with Gasteiger partial charge >= 0.3 is 0 Å². The van der Waals surface area contributed by atoms with Crippen molar-refractivity contribution in [1.29, 1.82) is 0 Å². The van der Waals surface area contributed by atoms with E-state index in [9.17, 15) is 9.90 Å². The van der Waals surface area contributed by atoms with Crippen LogP contribution in [0, 0.1) is 5.92 Å². The number of hydrogen-bond acceptors (Lipinski definition) is 6. The Morgan fingerprint density at radius 1 is 0.946 bits per heavy atom. The van der Waals surface area contributed by atoms with Gasteiger partial charge in [-0.2, -0.15) is 0 Å². The first kappa shape index (κ1) is 23.7. The molecule has 0 saturated heterocycles. The molecule has 0 bridgehead atoms. The van der Waals surface area contributed by atoms with Crippen LogP contribution in [-0.2, 0) is 6.42 Å². The molecule has 0 atom stereocenters. The van der Waals surface area contributed by atoms with E-state index in [0.717, 1.165) is 70.3 Å². The lowest BCUT2D eigenvalue weighted by atomic mass is 9.84. The van der Waals surface area contributed by atoms with Gasteiger partial charge in [-0.25, -0.2) is 15.0 Å². The molecule has 0 unspecified atom stereocenters. The minimum absolute atomic E-state index is 0.112. The number of hydrogen-bond donors (Lipinski definition) is 2. The van der Waals surface area contributed by atoms with E-state index in [2.05, 4.69) is 21.4 Å². The van der Waals surface area contributed by atoms with Crippen LogP contribution in [0.3, 0.4) is 0 Å². The fourth-order valence-electron chi connectivity index (χ4n) is 5.08. The number of aliphatic hydroxyl groups excluding tert-OH is 1. The SMILES string of the molecule is O=C(Nc1ccccc1-c1nc2cc(CCC3CCC(O)CC3)cnc2s1)c1ccc2ccccc2n1. The predicted molar refractivity (Wildman–Crippen MR) is 149 cm³/mol. The van der Waals surface area contributed by atoms with Crippen LogP contribution < -0.4 is 5.32 Å². The molecule has 6 rings (SSSR count). The van der Waals surface area contributed by atoms with Crippen LogP contribution in [0.5, 0.6) is 0 Å². The number of amides is 1. The second-order valence-corrected chi connectivity index (χ2v) is 10.8. The summed E-state index contributed by atoms with van der Waals surface area (Å²) in [6.07, 6.45) is 8.00. The minimum atomic E-state index is -0.255. The molecule has 1 aliphatic rings. The van der Waals surface area contributed by atoms with Gasteiger partial charge in [0, 0.05) is 17.1 Å². The van der Waals surface area contributed by atoms with Crippen LogP contribution >= 0.6 is 11.3 Å². The molecule has 0 radical (unpaired) electrons. The first-order valence-corrected chi connectivity index (χ1v) is 13.6. The van der Waals surface area contributed by atoms with E-state index < -0.39 is 0 Å². The molecule has 6 nitrogen and oxygen atoms in total.